The van der Waals surface area contributed by atoms with E-state index in [-0.39, 0.29) is 5.91 Å². The summed E-state index contributed by atoms with van der Waals surface area (Å²) in [6.45, 7) is 6.78. The predicted molar refractivity (Wildman–Crippen MR) is 75.7 cm³/mol. The maximum atomic E-state index is 11.7. The van der Waals surface area contributed by atoms with Gasteiger partial charge in [-0.15, -0.1) is 0 Å². The molecule has 0 spiro atoms. The highest BCUT2D eigenvalue weighted by molar-refractivity contribution is 5.78. The van der Waals surface area contributed by atoms with Crippen LogP contribution in [0.2, 0.25) is 0 Å². The summed E-state index contributed by atoms with van der Waals surface area (Å²) in [5, 5.41) is 6.34. The number of hydrogen-bond acceptors (Lipinski definition) is 3. The molecule has 0 aromatic carbocycles. The minimum atomic E-state index is 0.127. The summed E-state index contributed by atoms with van der Waals surface area (Å²) in [5.41, 5.74) is 0. The Morgan fingerprint density at radius 3 is 2.67 bits per heavy atom. The van der Waals surface area contributed by atoms with Crippen molar-refractivity contribution in [2.75, 3.05) is 26.7 Å². The summed E-state index contributed by atoms with van der Waals surface area (Å²) in [5.74, 6) is 0.127. The molecular formula is C14H29N3O. The molecule has 1 rings (SSSR count). The van der Waals surface area contributed by atoms with E-state index in [2.05, 4.69) is 36.4 Å². The highest BCUT2D eigenvalue weighted by Gasteiger charge is 2.18. The van der Waals surface area contributed by atoms with Gasteiger partial charge in [0.05, 0.1) is 6.54 Å². The highest BCUT2D eigenvalue weighted by atomic mass is 16.1. The Morgan fingerprint density at radius 2 is 2.06 bits per heavy atom. The fourth-order valence-electron chi connectivity index (χ4n) is 2.53. The van der Waals surface area contributed by atoms with E-state index in [0.29, 0.717) is 18.6 Å². The zero-order valence-electron chi connectivity index (χ0n) is 12.2. The lowest BCUT2D eigenvalue weighted by molar-refractivity contribution is -0.121. The molecule has 1 aliphatic rings. The second-order valence-electron chi connectivity index (χ2n) is 5.34. The average molecular weight is 255 g/mol. The standard InChI is InChI=1S/C14H29N3O/c1-4-12(5-2)16-14(18)11-15-10-13-8-6-7-9-17(13)3/h12-13,15H,4-11H2,1-3H3,(H,16,18). The molecule has 4 nitrogen and oxygen atoms in total. The fourth-order valence-corrected chi connectivity index (χ4v) is 2.53. The van der Waals surface area contributed by atoms with E-state index in [0.717, 1.165) is 19.4 Å². The smallest absolute Gasteiger partial charge is 0.234 e. The van der Waals surface area contributed by atoms with E-state index < -0.39 is 0 Å². The molecule has 1 atom stereocenters. The van der Waals surface area contributed by atoms with Gasteiger partial charge in [-0.3, -0.25) is 4.79 Å². The highest BCUT2D eigenvalue weighted by Crippen LogP contribution is 2.13. The molecule has 1 fully saturated rings. The lowest BCUT2D eigenvalue weighted by Crippen LogP contribution is -2.46. The second-order valence-corrected chi connectivity index (χ2v) is 5.34. The largest absolute Gasteiger partial charge is 0.352 e. The van der Waals surface area contributed by atoms with Crippen molar-refractivity contribution >= 4 is 5.91 Å². The number of carbonyl (C=O) groups is 1. The maximum Gasteiger partial charge on any atom is 0.234 e. The Labute approximate surface area is 111 Å². The number of nitrogens with zero attached hydrogens (tertiary/aromatic N) is 1. The van der Waals surface area contributed by atoms with Crippen LogP contribution in [0.1, 0.15) is 46.0 Å². The summed E-state index contributed by atoms with van der Waals surface area (Å²) in [6, 6.07) is 0.927. The van der Waals surface area contributed by atoms with Crippen LogP contribution in [-0.2, 0) is 4.79 Å². The van der Waals surface area contributed by atoms with Gasteiger partial charge in [-0.1, -0.05) is 20.3 Å². The topological polar surface area (TPSA) is 44.4 Å². The molecule has 1 heterocycles. The van der Waals surface area contributed by atoms with Crippen molar-refractivity contribution < 1.29 is 4.79 Å². The Kier molecular flexibility index (Phi) is 7.28. The first-order valence-electron chi connectivity index (χ1n) is 7.37. The number of carbonyl (C=O) groups excluding carboxylic acids is 1. The van der Waals surface area contributed by atoms with Crippen LogP contribution in [0.25, 0.3) is 0 Å². The normalized spacial score (nSPS) is 21.2. The van der Waals surface area contributed by atoms with Crippen molar-refractivity contribution in [3.63, 3.8) is 0 Å². The Hall–Kier alpha value is -0.610. The third-order valence-corrected chi connectivity index (χ3v) is 3.94. The van der Waals surface area contributed by atoms with Crippen molar-refractivity contribution in [2.24, 2.45) is 0 Å². The van der Waals surface area contributed by atoms with Crippen LogP contribution in [0.15, 0.2) is 0 Å². The first kappa shape index (κ1) is 15.4. The number of likely N-dealkylation sites (tertiary alicyclic amines) is 1. The Balaban J connectivity index is 2.14. The summed E-state index contributed by atoms with van der Waals surface area (Å²) < 4.78 is 0. The predicted octanol–water partition coefficient (Wildman–Crippen LogP) is 1.37. The van der Waals surface area contributed by atoms with E-state index >= 15 is 0 Å². The molecule has 1 saturated heterocycles. The third-order valence-electron chi connectivity index (χ3n) is 3.94. The van der Waals surface area contributed by atoms with Crippen LogP contribution in [0.4, 0.5) is 0 Å². The number of amides is 1. The van der Waals surface area contributed by atoms with Crippen molar-refractivity contribution in [1.82, 2.24) is 15.5 Å². The summed E-state index contributed by atoms with van der Waals surface area (Å²) in [4.78, 5) is 14.1. The molecule has 106 valence electrons. The van der Waals surface area contributed by atoms with E-state index in [4.69, 9.17) is 0 Å². The van der Waals surface area contributed by atoms with Gasteiger partial charge in [-0.2, -0.15) is 0 Å². The van der Waals surface area contributed by atoms with Crippen LogP contribution in [-0.4, -0.2) is 49.6 Å². The van der Waals surface area contributed by atoms with Crippen molar-refractivity contribution in [2.45, 2.75) is 58.0 Å². The number of rotatable bonds is 7. The molecule has 0 aromatic rings. The molecule has 1 amide bonds. The average Bonchev–Trinajstić information content (AvgIpc) is 2.38. The number of nitrogens with one attached hydrogen (secondary N) is 2. The number of likely N-dealkylation sites (N-methyl/N-ethyl adjacent to an activating group) is 1. The van der Waals surface area contributed by atoms with Crippen LogP contribution in [0, 0.1) is 0 Å². The fraction of sp³-hybridized carbons (Fsp3) is 0.929. The molecule has 2 N–H and O–H groups in total. The van der Waals surface area contributed by atoms with Crippen LogP contribution in [0.3, 0.4) is 0 Å². The van der Waals surface area contributed by atoms with Crippen molar-refractivity contribution in [1.29, 1.82) is 0 Å². The van der Waals surface area contributed by atoms with E-state index in [1.807, 2.05) is 0 Å². The zero-order chi connectivity index (χ0) is 13.4. The maximum absolute atomic E-state index is 11.7. The molecule has 0 saturated carbocycles. The lowest BCUT2D eigenvalue weighted by atomic mass is 10.0. The SMILES string of the molecule is CCC(CC)NC(=O)CNCC1CCCCN1C. The van der Waals surface area contributed by atoms with Crippen molar-refractivity contribution in [3.8, 4) is 0 Å². The van der Waals surface area contributed by atoms with E-state index in [1.165, 1.54) is 25.8 Å². The Bertz CT molecular complexity index is 241. The monoisotopic (exact) mass is 255 g/mol. The minimum Gasteiger partial charge on any atom is -0.352 e. The summed E-state index contributed by atoms with van der Waals surface area (Å²) >= 11 is 0. The quantitative estimate of drug-likeness (QED) is 0.722. The molecule has 0 bridgehead atoms. The van der Waals surface area contributed by atoms with Gasteiger partial charge < -0.3 is 15.5 Å². The molecular weight excluding hydrogens is 226 g/mol. The number of piperidine rings is 1. The van der Waals surface area contributed by atoms with E-state index in [1.54, 1.807) is 0 Å². The molecule has 1 aliphatic heterocycles. The van der Waals surface area contributed by atoms with Crippen molar-refractivity contribution in [3.05, 3.63) is 0 Å². The third kappa shape index (κ3) is 5.36. The van der Waals surface area contributed by atoms with E-state index in [9.17, 15) is 4.79 Å². The van der Waals surface area contributed by atoms with Gasteiger partial charge in [-0.25, -0.2) is 0 Å². The van der Waals surface area contributed by atoms with Gasteiger partial charge in [0.25, 0.3) is 0 Å². The Morgan fingerprint density at radius 1 is 1.33 bits per heavy atom. The van der Waals surface area contributed by atoms with Gasteiger partial charge >= 0.3 is 0 Å². The second kappa shape index (κ2) is 8.48. The molecule has 18 heavy (non-hydrogen) atoms. The molecule has 0 aliphatic carbocycles. The molecule has 0 radical (unpaired) electrons. The lowest BCUT2D eigenvalue weighted by Gasteiger charge is -2.32. The van der Waals surface area contributed by atoms with Crippen LogP contribution >= 0.6 is 0 Å². The summed E-state index contributed by atoms with van der Waals surface area (Å²) in [6.07, 6.45) is 5.89. The van der Waals surface area contributed by atoms with Gasteiger partial charge in [-0.05, 0) is 39.3 Å². The van der Waals surface area contributed by atoms with Gasteiger partial charge in [0.1, 0.15) is 0 Å². The molecule has 1 unspecified atom stereocenters. The van der Waals surface area contributed by atoms with Crippen LogP contribution < -0.4 is 10.6 Å². The van der Waals surface area contributed by atoms with Gasteiger partial charge in [0, 0.05) is 18.6 Å². The summed E-state index contributed by atoms with van der Waals surface area (Å²) in [7, 11) is 2.18. The zero-order valence-corrected chi connectivity index (χ0v) is 12.2. The van der Waals surface area contributed by atoms with Gasteiger partial charge in [0.15, 0.2) is 0 Å². The first-order valence-corrected chi connectivity index (χ1v) is 7.37. The van der Waals surface area contributed by atoms with Crippen LogP contribution in [0.5, 0.6) is 0 Å². The molecule has 0 aromatic heterocycles. The first-order chi connectivity index (χ1) is 8.67. The van der Waals surface area contributed by atoms with Gasteiger partial charge in [0.2, 0.25) is 5.91 Å². The minimum absolute atomic E-state index is 0.127. The number of hydrogen-bond donors (Lipinski definition) is 2. The molecule has 4 heteroatoms.